The van der Waals surface area contributed by atoms with E-state index in [9.17, 15) is 17.2 Å². The number of para-hydroxylation sites is 2. The van der Waals surface area contributed by atoms with Crippen molar-refractivity contribution in [3.05, 3.63) is 54.1 Å². The molecule has 0 aliphatic heterocycles. The summed E-state index contributed by atoms with van der Waals surface area (Å²) < 4.78 is 59.0. The minimum Gasteiger partial charge on any atom is -0.489 e. The molecule has 118 valence electrons. The van der Waals surface area contributed by atoms with Gasteiger partial charge < -0.3 is 4.74 Å². The van der Waals surface area contributed by atoms with Crippen LogP contribution in [0.2, 0.25) is 0 Å². The van der Waals surface area contributed by atoms with Crippen molar-refractivity contribution in [2.75, 3.05) is 4.72 Å². The number of benzene rings is 2. The van der Waals surface area contributed by atoms with Gasteiger partial charge in [-0.1, -0.05) is 12.1 Å². The molecule has 0 saturated heterocycles. The predicted molar refractivity (Wildman–Crippen MR) is 79.4 cm³/mol. The highest BCUT2D eigenvalue weighted by Gasteiger charge is 2.21. The van der Waals surface area contributed by atoms with Gasteiger partial charge in [-0.3, -0.25) is 4.72 Å². The van der Waals surface area contributed by atoms with E-state index in [0.29, 0.717) is 11.8 Å². The molecule has 0 heterocycles. The van der Waals surface area contributed by atoms with Gasteiger partial charge >= 0.3 is 0 Å². The third-order valence-corrected chi connectivity index (χ3v) is 4.06. The van der Waals surface area contributed by atoms with Gasteiger partial charge in [-0.25, -0.2) is 17.2 Å². The first kappa shape index (κ1) is 16.2. The average Bonchev–Trinajstić information content (AvgIpc) is 2.43. The highest BCUT2D eigenvalue weighted by molar-refractivity contribution is 7.92. The van der Waals surface area contributed by atoms with Gasteiger partial charge in [0.25, 0.3) is 10.0 Å². The molecular weight excluding hydrogens is 312 g/mol. The molecule has 2 aromatic rings. The van der Waals surface area contributed by atoms with Crippen LogP contribution in [0.1, 0.15) is 13.8 Å². The summed E-state index contributed by atoms with van der Waals surface area (Å²) in [5, 5.41) is 0. The average molecular weight is 327 g/mol. The lowest BCUT2D eigenvalue weighted by Gasteiger charge is -2.15. The molecule has 1 N–H and O–H groups in total. The van der Waals surface area contributed by atoms with E-state index in [1.807, 2.05) is 0 Å². The molecule has 0 aliphatic carbocycles. The highest BCUT2D eigenvalue weighted by Crippen LogP contribution is 2.28. The van der Waals surface area contributed by atoms with Crippen LogP contribution < -0.4 is 9.46 Å². The van der Waals surface area contributed by atoms with Crippen LogP contribution in [0.5, 0.6) is 5.75 Å². The molecule has 4 nitrogen and oxygen atoms in total. The van der Waals surface area contributed by atoms with Gasteiger partial charge in [0.15, 0.2) is 0 Å². The van der Waals surface area contributed by atoms with Crippen molar-refractivity contribution >= 4 is 15.7 Å². The van der Waals surface area contributed by atoms with Gasteiger partial charge in [0.2, 0.25) is 0 Å². The molecule has 0 aromatic heterocycles. The van der Waals surface area contributed by atoms with E-state index in [1.54, 1.807) is 32.0 Å². The first-order valence-electron chi connectivity index (χ1n) is 6.53. The van der Waals surface area contributed by atoms with Gasteiger partial charge in [0.1, 0.15) is 22.3 Å². The maximum Gasteiger partial charge on any atom is 0.265 e. The Labute approximate surface area is 127 Å². The van der Waals surface area contributed by atoms with Gasteiger partial charge in [-0.15, -0.1) is 0 Å². The summed E-state index contributed by atoms with van der Waals surface area (Å²) in [5.41, 5.74) is 0.153. The van der Waals surface area contributed by atoms with Crippen molar-refractivity contribution < 1.29 is 21.9 Å². The molecule has 0 unspecified atom stereocenters. The van der Waals surface area contributed by atoms with Crippen LogP contribution in [-0.2, 0) is 10.0 Å². The molecule has 0 saturated carbocycles. The quantitative estimate of drug-likeness (QED) is 0.913. The SMILES string of the molecule is CC(C)Oc1ccccc1NS(=O)(=O)c1cc(F)ccc1F. The predicted octanol–water partition coefficient (Wildman–Crippen LogP) is 3.55. The third-order valence-electron chi connectivity index (χ3n) is 2.68. The molecular formula is C15H15F2NO3S. The van der Waals surface area contributed by atoms with Crippen molar-refractivity contribution in [2.45, 2.75) is 24.8 Å². The van der Waals surface area contributed by atoms with Crippen molar-refractivity contribution in [3.8, 4) is 5.75 Å². The fourth-order valence-electron chi connectivity index (χ4n) is 1.79. The van der Waals surface area contributed by atoms with Gasteiger partial charge in [-0.2, -0.15) is 0 Å². The maximum atomic E-state index is 13.7. The highest BCUT2D eigenvalue weighted by atomic mass is 32.2. The normalized spacial score (nSPS) is 11.5. The second-order valence-electron chi connectivity index (χ2n) is 4.84. The zero-order valence-electron chi connectivity index (χ0n) is 12.0. The van der Waals surface area contributed by atoms with Crippen molar-refractivity contribution in [1.82, 2.24) is 0 Å². The molecule has 7 heteroatoms. The molecule has 2 rings (SSSR count). The molecule has 0 bridgehead atoms. The number of anilines is 1. The molecule has 0 amide bonds. The van der Waals surface area contributed by atoms with Crippen LogP contribution in [0.4, 0.5) is 14.5 Å². The lowest BCUT2D eigenvalue weighted by Crippen LogP contribution is -2.16. The van der Waals surface area contributed by atoms with Crippen molar-refractivity contribution in [1.29, 1.82) is 0 Å². The van der Waals surface area contributed by atoms with Crippen LogP contribution >= 0.6 is 0 Å². The fraction of sp³-hybridized carbons (Fsp3) is 0.200. The van der Waals surface area contributed by atoms with Crippen molar-refractivity contribution in [2.24, 2.45) is 0 Å². The number of nitrogens with one attached hydrogen (secondary N) is 1. The maximum absolute atomic E-state index is 13.7. The Kier molecular flexibility index (Phi) is 4.65. The minimum atomic E-state index is -4.27. The van der Waals surface area contributed by atoms with E-state index < -0.39 is 26.6 Å². The second kappa shape index (κ2) is 6.31. The summed E-state index contributed by atoms with van der Waals surface area (Å²) in [6.07, 6.45) is -0.170. The number of rotatable bonds is 5. The number of hydrogen-bond donors (Lipinski definition) is 1. The van der Waals surface area contributed by atoms with Crippen LogP contribution in [0, 0.1) is 11.6 Å². The Morgan fingerprint density at radius 1 is 1.09 bits per heavy atom. The summed E-state index contributed by atoms with van der Waals surface area (Å²) in [5.74, 6) is -1.57. The number of hydrogen-bond acceptors (Lipinski definition) is 3. The smallest absolute Gasteiger partial charge is 0.265 e. The van der Waals surface area contributed by atoms with E-state index in [4.69, 9.17) is 4.74 Å². The number of sulfonamides is 1. The number of halogens is 2. The first-order valence-corrected chi connectivity index (χ1v) is 8.01. The molecule has 0 fully saturated rings. The summed E-state index contributed by atoms with van der Waals surface area (Å²) in [7, 11) is -4.27. The van der Waals surface area contributed by atoms with E-state index in [-0.39, 0.29) is 11.8 Å². The monoisotopic (exact) mass is 327 g/mol. The molecule has 22 heavy (non-hydrogen) atoms. The second-order valence-corrected chi connectivity index (χ2v) is 6.49. The lowest BCUT2D eigenvalue weighted by molar-refractivity contribution is 0.244. The zero-order chi connectivity index (χ0) is 16.3. The van der Waals surface area contributed by atoms with Crippen LogP contribution in [0.15, 0.2) is 47.4 Å². The van der Waals surface area contributed by atoms with Gasteiger partial charge in [0.05, 0.1) is 11.8 Å². The Balaban J connectivity index is 2.39. The summed E-state index contributed by atoms with van der Waals surface area (Å²) >= 11 is 0. The van der Waals surface area contributed by atoms with E-state index >= 15 is 0 Å². The molecule has 0 spiro atoms. The molecule has 0 atom stereocenters. The van der Waals surface area contributed by atoms with E-state index in [1.165, 1.54) is 6.07 Å². The Morgan fingerprint density at radius 3 is 2.45 bits per heavy atom. The number of ether oxygens (including phenoxy) is 1. The Bertz CT molecular complexity index is 776. The van der Waals surface area contributed by atoms with Crippen LogP contribution in [-0.4, -0.2) is 14.5 Å². The van der Waals surface area contributed by atoms with Crippen LogP contribution in [0.3, 0.4) is 0 Å². The van der Waals surface area contributed by atoms with Crippen LogP contribution in [0.25, 0.3) is 0 Å². The zero-order valence-corrected chi connectivity index (χ0v) is 12.8. The van der Waals surface area contributed by atoms with Gasteiger partial charge in [-0.05, 0) is 44.2 Å². The topological polar surface area (TPSA) is 55.4 Å². The molecule has 0 radical (unpaired) electrons. The summed E-state index contributed by atoms with van der Waals surface area (Å²) in [6, 6.07) is 8.59. The fourth-order valence-corrected chi connectivity index (χ4v) is 2.95. The lowest BCUT2D eigenvalue weighted by atomic mass is 10.3. The van der Waals surface area contributed by atoms with E-state index in [0.717, 1.165) is 12.1 Å². The molecule has 2 aromatic carbocycles. The van der Waals surface area contributed by atoms with Crippen molar-refractivity contribution in [3.63, 3.8) is 0 Å². The van der Waals surface area contributed by atoms with Gasteiger partial charge in [0, 0.05) is 0 Å². The Morgan fingerprint density at radius 2 is 1.77 bits per heavy atom. The standard InChI is InChI=1S/C15H15F2NO3S/c1-10(2)21-14-6-4-3-5-13(14)18-22(19,20)15-9-11(16)7-8-12(15)17/h3-10,18H,1-2H3. The molecule has 0 aliphatic rings. The largest absolute Gasteiger partial charge is 0.489 e. The first-order chi connectivity index (χ1) is 10.3. The summed E-state index contributed by atoms with van der Waals surface area (Å²) in [4.78, 5) is -0.758. The third kappa shape index (κ3) is 3.73. The Hall–Kier alpha value is -2.15. The van der Waals surface area contributed by atoms with E-state index in [2.05, 4.69) is 4.72 Å². The summed E-state index contributed by atoms with van der Waals surface area (Å²) in [6.45, 7) is 3.58. The minimum absolute atomic E-state index is 0.153.